The second kappa shape index (κ2) is 6.71. The fourth-order valence-electron chi connectivity index (χ4n) is 2.18. The lowest BCUT2D eigenvalue weighted by Crippen LogP contribution is -2.35. The molecule has 96 valence electrons. The minimum Gasteiger partial charge on any atom is -0.313 e. The molecule has 1 fully saturated rings. The zero-order chi connectivity index (χ0) is 12.1. The van der Waals surface area contributed by atoms with E-state index in [2.05, 4.69) is 22.4 Å². The molecule has 3 nitrogen and oxygen atoms in total. The summed E-state index contributed by atoms with van der Waals surface area (Å²) in [7, 11) is 0. The van der Waals surface area contributed by atoms with E-state index in [1.807, 2.05) is 18.7 Å². The van der Waals surface area contributed by atoms with Crippen molar-refractivity contribution in [2.75, 3.05) is 6.54 Å². The molecule has 17 heavy (non-hydrogen) atoms. The standard InChI is InChI=1S/C12H21N3S2/c1-9(16-12-15-14-10(2)17-12)8-13-11-6-4-3-5-7-11/h9,11,13H,3-8H2,1-2H3. The number of thioether (sulfide) groups is 1. The summed E-state index contributed by atoms with van der Waals surface area (Å²) in [5, 5.41) is 13.5. The molecule has 1 aliphatic carbocycles. The molecule has 1 saturated carbocycles. The van der Waals surface area contributed by atoms with Crippen LogP contribution in [0.3, 0.4) is 0 Å². The summed E-state index contributed by atoms with van der Waals surface area (Å²) in [6, 6.07) is 0.753. The minimum atomic E-state index is 0.573. The van der Waals surface area contributed by atoms with Crippen molar-refractivity contribution in [2.24, 2.45) is 0 Å². The van der Waals surface area contributed by atoms with E-state index in [0.717, 1.165) is 21.9 Å². The molecule has 0 aliphatic heterocycles. The third kappa shape index (κ3) is 4.56. The SMILES string of the molecule is Cc1nnc(SC(C)CNC2CCCCC2)s1. The highest BCUT2D eigenvalue weighted by atomic mass is 32.2. The highest BCUT2D eigenvalue weighted by molar-refractivity contribution is 8.01. The van der Waals surface area contributed by atoms with Gasteiger partial charge in [-0.15, -0.1) is 10.2 Å². The summed E-state index contributed by atoms with van der Waals surface area (Å²) in [4.78, 5) is 0. The third-order valence-corrected chi connectivity index (χ3v) is 5.13. The Morgan fingerprint density at radius 2 is 2.12 bits per heavy atom. The first-order valence-electron chi connectivity index (χ1n) is 6.44. The molecule has 0 radical (unpaired) electrons. The molecule has 1 N–H and O–H groups in total. The van der Waals surface area contributed by atoms with Gasteiger partial charge in [-0.05, 0) is 19.8 Å². The lowest BCUT2D eigenvalue weighted by atomic mass is 9.95. The lowest BCUT2D eigenvalue weighted by molar-refractivity contribution is 0.375. The van der Waals surface area contributed by atoms with Crippen LogP contribution in [0.2, 0.25) is 0 Å². The maximum atomic E-state index is 4.15. The molecule has 5 heteroatoms. The molecule has 1 aromatic heterocycles. The maximum absolute atomic E-state index is 4.15. The predicted octanol–water partition coefficient (Wildman–Crippen LogP) is 3.25. The molecular formula is C12H21N3S2. The number of rotatable bonds is 5. The third-order valence-electron chi connectivity index (χ3n) is 3.11. The van der Waals surface area contributed by atoms with Crippen LogP contribution in [0.25, 0.3) is 0 Å². The molecule has 1 aliphatic rings. The highest BCUT2D eigenvalue weighted by Crippen LogP contribution is 2.26. The monoisotopic (exact) mass is 271 g/mol. The number of aryl methyl sites for hydroxylation is 1. The van der Waals surface area contributed by atoms with E-state index in [-0.39, 0.29) is 0 Å². The fraction of sp³-hybridized carbons (Fsp3) is 0.833. The molecule has 0 spiro atoms. The van der Waals surface area contributed by atoms with Gasteiger partial charge < -0.3 is 5.32 Å². The van der Waals surface area contributed by atoms with Crippen LogP contribution >= 0.6 is 23.1 Å². The smallest absolute Gasteiger partial charge is 0.174 e. The van der Waals surface area contributed by atoms with Crippen molar-refractivity contribution in [1.29, 1.82) is 0 Å². The van der Waals surface area contributed by atoms with E-state index in [1.54, 1.807) is 11.3 Å². The van der Waals surface area contributed by atoms with Crippen LogP contribution < -0.4 is 5.32 Å². The van der Waals surface area contributed by atoms with Gasteiger partial charge in [-0.3, -0.25) is 0 Å². The Morgan fingerprint density at radius 3 is 2.76 bits per heavy atom. The van der Waals surface area contributed by atoms with E-state index >= 15 is 0 Å². The van der Waals surface area contributed by atoms with Crippen molar-refractivity contribution >= 4 is 23.1 Å². The van der Waals surface area contributed by atoms with E-state index in [4.69, 9.17) is 0 Å². The van der Waals surface area contributed by atoms with Gasteiger partial charge in [0, 0.05) is 17.8 Å². The first kappa shape index (κ1) is 13.3. The van der Waals surface area contributed by atoms with Gasteiger partial charge in [-0.25, -0.2) is 0 Å². The van der Waals surface area contributed by atoms with Gasteiger partial charge in [-0.1, -0.05) is 49.3 Å². The van der Waals surface area contributed by atoms with Gasteiger partial charge in [0.15, 0.2) is 4.34 Å². The molecule has 1 heterocycles. The van der Waals surface area contributed by atoms with Crippen LogP contribution in [0.4, 0.5) is 0 Å². The van der Waals surface area contributed by atoms with Crippen molar-refractivity contribution in [3.8, 4) is 0 Å². The normalized spacial score (nSPS) is 19.4. The average molecular weight is 271 g/mol. The van der Waals surface area contributed by atoms with Gasteiger partial charge in [0.1, 0.15) is 5.01 Å². The van der Waals surface area contributed by atoms with Crippen molar-refractivity contribution in [3.63, 3.8) is 0 Å². The first-order valence-corrected chi connectivity index (χ1v) is 8.14. The van der Waals surface area contributed by atoms with Gasteiger partial charge in [0.05, 0.1) is 0 Å². The minimum absolute atomic E-state index is 0.573. The van der Waals surface area contributed by atoms with Gasteiger partial charge in [0.2, 0.25) is 0 Å². The molecule has 1 aromatic rings. The van der Waals surface area contributed by atoms with E-state index in [9.17, 15) is 0 Å². The van der Waals surface area contributed by atoms with Crippen LogP contribution in [-0.2, 0) is 0 Å². The zero-order valence-electron chi connectivity index (χ0n) is 10.6. The summed E-state index contributed by atoms with van der Waals surface area (Å²) < 4.78 is 1.10. The van der Waals surface area contributed by atoms with Gasteiger partial charge in [0.25, 0.3) is 0 Å². The van der Waals surface area contributed by atoms with Gasteiger partial charge in [-0.2, -0.15) is 0 Å². The van der Waals surface area contributed by atoms with E-state index < -0.39 is 0 Å². The summed E-state index contributed by atoms with van der Waals surface area (Å²) in [6.45, 7) is 5.35. The maximum Gasteiger partial charge on any atom is 0.174 e. The van der Waals surface area contributed by atoms with Crippen molar-refractivity contribution in [1.82, 2.24) is 15.5 Å². The number of aromatic nitrogens is 2. The molecule has 1 atom stereocenters. The van der Waals surface area contributed by atoms with Crippen LogP contribution in [0.1, 0.15) is 44.0 Å². The zero-order valence-corrected chi connectivity index (χ0v) is 12.2. The fourth-order valence-corrected chi connectivity index (χ4v) is 4.25. The van der Waals surface area contributed by atoms with Crippen LogP contribution in [0.5, 0.6) is 0 Å². The average Bonchev–Trinajstić information content (AvgIpc) is 2.73. The van der Waals surface area contributed by atoms with Crippen LogP contribution in [-0.4, -0.2) is 28.0 Å². The number of hydrogen-bond acceptors (Lipinski definition) is 5. The Kier molecular flexibility index (Phi) is 5.25. The Bertz CT molecular complexity index is 334. The molecule has 0 saturated heterocycles. The molecule has 0 amide bonds. The number of hydrogen-bond donors (Lipinski definition) is 1. The Hall–Kier alpha value is -0.130. The van der Waals surface area contributed by atoms with Crippen molar-refractivity contribution in [3.05, 3.63) is 5.01 Å². The summed E-state index contributed by atoms with van der Waals surface area (Å²) in [5.74, 6) is 0. The highest BCUT2D eigenvalue weighted by Gasteiger charge is 2.14. The van der Waals surface area contributed by atoms with E-state index in [0.29, 0.717) is 5.25 Å². The quantitative estimate of drug-likeness (QED) is 0.834. The second-order valence-electron chi connectivity index (χ2n) is 4.76. The van der Waals surface area contributed by atoms with Crippen LogP contribution in [0.15, 0.2) is 4.34 Å². The van der Waals surface area contributed by atoms with Crippen LogP contribution in [0, 0.1) is 6.92 Å². The number of nitrogens with zero attached hydrogens (tertiary/aromatic N) is 2. The summed E-state index contributed by atoms with van der Waals surface area (Å²) >= 11 is 3.53. The predicted molar refractivity (Wildman–Crippen MR) is 74.8 cm³/mol. The molecule has 1 unspecified atom stereocenters. The first-order chi connectivity index (χ1) is 8.24. The van der Waals surface area contributed by atoms with Crippen molar-refractivity contribution in [2.45, 2.75) is 61.6 Å². The Morgan fingerprint density at radius 1 is 1.35 bits per heavy atom. The van der Waals surface area contributed by atoms with Crippen molar-refractivity contribution < 1.29 is 0 Å². The second-order valence-corrected chi connectivity index (χ2v) is 7.63. The molecule has 0 aromatic carbocycles. The Balaban J connectivity index is 1.68. The topological polar surface area (TPSA) is 37.8 Å². The number of nitrogens with one attached hydrogen (secondary N) is 1. The van der Waals surface area contributed by atoms with E-state index in [1.165, 1.54) is 32.1 Å². The van der Waals surface area contributed by atoms with Gasteiger partial charge >= 0.3 is 0 Å². The molecule has 0 bridgehead atoms. The molecular weight excluding hydrogens is 250 g/mol. The molecule has 2 rings (SSSR count). The summed E-state index contributed by atoms with van der Waals surface area (Å²) in [6.07, 6.45) is 6.93. The largest absolute Gasteiger partial charge is 0.313 e. The summed E-state index contributed by atoms with van der Waals surface area (Å²) in [5.41, 5.74) is 0. The Labute approximate surface area is 112 Å². The lowest BCUT2D eigenvalue weighted by Gasteiger charge is -2.24.